The van der Waals surface area contributed by atoms with Crippen LogP contribution in [0.1, 0.15) is 0 Å². The molecule has 2 N–H and O–H groups in total. The summed E-state index contributed by atoms with van der Waals surface area (Å²) in [6.07, 6.45) is 0. The van der Waals surface area contributed by atoms with Crippen molar-refractivity contribution in [1.29, 1.82) is 0 Å². The highest BCUT2D eigenvalue weighted by molar-refractivity contribution is 6.42. The summed E-state index contributed by atoms with van der Waals surface area (Å²) in [6.45, 7) is 0. The van der Waals surface area contributed by atoms with Crippen LogP contribution in [0.2, 0.25) is 10.0 Å². The van der Waals surface area contributed by atoms with E-state index in [1.165, 1.54) is 18.2 Å². The van der Waals surface area contributed by atoms with Gasteiger partial charge in [-0.25, -0.2) is 4.39 Å². The molecule has 0 fully saturated rings. The molecule has 0 bridgehead atoms. The number of rotatable bonds is 2. The predicted molar refractivity (Wildman–Crippen MR) is 79.6 cm³/mol. The van der Waals surface area contributed by atoms with Gasteiger partial charge >= 0.3 is 0 Å². The molecule has 0 unspecified atom stereocenters. The summed E-state index contributed by atoms with van der Waals surface area (Å²) in [4.78, 5) is 4.20. The van der Waals surface area contributed by atoms with Gasteiger partial charge in [0.25, 0.3) is 5.89 Å². The maximum atomic E-state index is 13.3. The molecule has 21 heavy (non-hydrogen) atoms. The van der Waals surface area contributed by atoms with Crippen molar-refractivity contribution in [3.8, 4) is 22.8 Å². The summed E-state index contributed by atoms with van der Waals surface area (Å²) in [5.74, 6) is 0.00814. The Morgan fingerprint density at radius 2 is 1.86 bits per heavy atom. The highest BCUT2D eigenvalue weighted by atomic mass is 35.5. The van der Waals surface area contributed by atoms with Gasteiger partial charge in [0.05, 0.1) is 15.6 Å². The molecule has 0 saturated carbocycles. The van der Waals surface area contributed by atoms with Crippen molar-refractivity contribution in [3.63, 3.8) is 0 Å². The first-order chi connectivity index (χ1) is 10.0. The van der Waals surface area contributed by atoms with Gasteiger partial charge in [0.2, 0.25) is 5.82 Å². The van der Waals surface area contributed by atoms with Crippen molar-refractivity contribution < 1.29 is 8.91 Å². The lowest BCUT2D eigenvalue weighted by Crippen LogP contribution is -1.91. The van der Waals surface area contributed by atoms with E-state index in [0.717, 1.165) is 0 Å². The predicted octanol–water partition coefficient (Wildman–Crippen LogP) is 4.43. The molecule has 0 saturated heterocycles. The number of halogens is 3. The SMILES string of the molecule is Nc1ccc(F)cc1-c1nc(-c2ccc(Cl)c(Cl)c2)no1. The normalized spacial score (nSPS) is 10.8. The Bertz CT molecular complexity index is 820. The van der Waals surface area contributed by atoms with Crippen LogP contribution < -0.4 is 5.73 Å². The molecular weight excluding hydrogens is 316 g/mol. The lowest BCUT2D eigenvalue weighted by molar-refractivity contribution is 0.432. The molecule has 0 atom stereocenters. The molecular formula is C14H8Cl2FN3O. The lowest BCUT2D eigenvalue weighted by atomic mass is 10.1. The van der Waals surface area contributed by atoms with Crippen LogP contribution in [0.25, 0.3) is 22.8 Å². The number of hydrogen-bond acceptors (Lipinski definition) is 4. The molecule has 0 amide bonds. The zero-order chi connectivity index (χ0) is 15.0. The summed E-state index contributed by atoms with van der Waals surface area (Å²) in [7, 11) is 0. The Morgan fingerprint density at radius 1 is 1.05 bits per heavy atom. The van der Waals surface area contributed by atoms with Crippen LogP contribution in [-0.4, -0.2) is 10.1 Å². The largest absolute Gasteiger partial charge is 0.398 e. The third-order valence-electron chi connectivity index (χ3n) is 2.85. The summed E-state index contributed by atoms with van der Waals surface area (Å²) < 4.78 is 18.4. The van der Waals surface area contributed by atoms with Crippen LogP contribution in [0.3, 0.4) is 0 Å². The van der Waals surface area contributed by atoms with E-state index < -0.39 is 5.82 Å². The highest BCUT2D eigenvalue weighted by Crippen LogP contribution is 2.30. The van der Waals surface area contributed by atoms with Gasteiger partial charge in [-0.1, -0.05) is 28.4 Å². The Kier molecular flexibility index (Phi) is 3.53. The highest BCUT2D eigenvalue weighted by Gasteiger charge is 2.14. The van der Waals surface area contributed by atoms with Gasteiger partial charge in [0, 0.05) is 11.3 Å². The minimum absolute atomic E-state index is 0.132. The first-order valence-corrected chi connectivity index (χ1v) is 6.65. The van der Waals surface area contributed by atoms with Crippen LogP contribution in [0.15, 0.2) is 40.9 Å². The summed E-state index contributed by atoms with van der Waals surface area (Å²) in [5.41, 5.74) is 7.10. The van der Waals surface area contributed by atoms with Crippen molar-refractivity contribution >= 4 is 28.9 Å². The first kappa shape index (κ1) is 13.9. The number of aromatic nitrogens is 2. The Morgan fingerprint density at radius 3 is 2.62 bits per heavy atom. The fraction of sp³-hybridized carbons (Fsp3) is 0. The van der Waals surface area contributed by atoms with E-state index in [-0.39, 0.29) is 5.89 Å². The van der Waals surface area contributed by atoms with Crippen LogP contribution in [0.5, 0.6) is 0 Å². The molecule has 0 radical (unpaired) electrons. The second-order valence-electron chi connectivity index (χ2n) is 4.28. The van der Waals surface area contributed by atoms with Gasteiger partial charge in [0.15, 0.2) is 0 Å². The van der Waals surface area contributed by atoms with E-state index in [0.29, 0.717) is 32.7 Å². The van der Waals surface area contributed by atoms with Gasteiger partial charge < -0.3 is 10.3 Å². The minimum Gasteiger partial charge on any atom is -0.398 e. The van der Waals surface area contributed by atoms with Gasteiger partial charge in [-0.3, -0.25) is 0 Å². The molecule has 4 nitrogen and oxygen atoms in total. The monoisotopic (exact) mass is 323 g/mol. The molecule has 3 aromatic rings. The smallest absolute Gasteiger partial charge is 0.260 e. The molecule has 1 heterocycles. The average Bonchev–Trinajstić information content (AvgIpc) is 2.94. The topological polar surface area (TPSA) is 64.9 Å². The Labute approximate surface area is 129 Å². The van der Waals surface area contributed by atoms with Crippen molar-refractivity contribution in [2.45, 2.75) is 0 Å². The fourth-order valence-electron chi connectivity index (χ4n) is 1.80. The number of hydrogen-bond donors (Lipinski definition) is 1. The van der Waals surface area contributed by atoms with E-state index in [1.807, 2.05) is 0 Å². The number of nitrogens with two attached hydrogens (primary N) is 1. The summed E-state index contributed by atoms with van der Waals surface area (Å²) >= 11 is 11.8. The van der Waals surface area contributed by atoms with E-state index in [9.17, 15) is 4.39 Å². The molecule has 3 rings (SSSR count). The second-order valence-corrected chi connectivity index (χ2v) is 5.10. The summed E-state index contributed by atoms with van der Waals surface area (Å²) in [5, 5.41) is 4.65. The van der Waals surface area contributed by atoms with E-state index in [2.05, 4.69) is 10.1 Å². The molecule has 0 aliphatic carbocycles. The van der Waals surface area contributed by atoms with Crippen molar-refractivity contribution in [2.75, 3.05) is 5.73 Å². The van der Waals surface area contributed by atoms with Crippen molar-refractivity contribution in [1.82, 2.24) is 10.1 Å². The van der Waals surface area contributed by atoms with Gasteiger partial charge in [-0.15, -0.1) is 0 Å². The molecule has 0 spiro atoms. The first-order valence-electron chi connectivity index (χ1n) is 5.89. The van der Waals surface area contributed by atoms with E-state index in [1.54, 1.807) is 18.2 Å². The van der Waals surface area contributed by atoms with Gasteiger partial charge in [0.1, 0.15) is 5.82 Å². The molecule has 2 aromatic carbocycles. The van der Waals surface area contributed by atoms with E-state index in [4.69, 9.17) is 33.5 Å². The number of nitrogens with zero attached hydrogens (tertiary/aromatic N) is 2. The zero-order valence-corrected chi connectivity index (χ0v) is 12.0. The molecule has 7 heteroatoms. The third-order valence-corrected chi connectivity index (χ3v) is 3.59. The number of nitrogen functional groups attached to an aromatic ring is 1. The molecule has 0 aliphatic rings. The second kappa shape index (κ2) is 5.35. The third kappa shape index (κ3) is 2.70. The molecule has 106 valence electrons. The molecule has 0 aliphatic heterocycles. The van der Waals surface area contributed by atoms with Crippen molar-refractivity contribution in [2.24, 2.45) is 0 Å². The van der Waals surface area contributed by atoms with Crippen LogP contribution in [0.4, 0.5) is 10.1 Å². The quantitative estimate of drug-likeness (QED) is 0.708. The summed E-state index contributed by atoms with van der Waals surface area (Å²) in [6, 6.07) is 8.89. The number of benzene rings is 2. The van der Waals surface area contributed by atoms with Gasteiger partial charge in [-0.05, 0) is 36.4 Å². The van der Waals surface area contributed by atoms with E-state index >= 15 is 0 Å². The van der Waals surface area contributed by atoms with Crippen LogP contribution in [0, 0.1) is 5.82 Å². The maximum Gasteiger partial charge on any atom is 0.260 e. The Balaban J connectivity index is 2.03. The number of anilines is 1. The van der Waals surface area contributed by atoms with Gasteiger partial charge in [-0.2, -0.15) is 4.98 Å². The Hall–Kier alpha value is -2.11. The lowest BCUT2D eigenvalue weighted by Gasteiger charge is -1.99. The zero-order valence-electron chi connectivity index (χ0n) is 10.5. The van der Waals surface area contributed by atoms with Crippen molar-refractivity contribution in [3.05, 3.63) is 52.3 Å². The minimum atomic E-state index is -0.437. The maximum absolute atomic E-state index is 13.3. The fourth-order valence-corrected chi connectivity index (χ4v) is 2.10. The standard InChI is InChI=1S/C14H8Cl2FN3O/c15-10-3-1-7(5-11(10)16)13-19-14(21-20-13)9-6-8(17)2-4-12(9)18/h1-6H,18H2. The average molecular weight is 324 g/mol. The molecule has 1 aromatic heterocycles. The van der Waals surface area contributed by atoms with Crippen LogP contribution in [-0.2, 0) is 0 Å². The van der Waals surface area contributed by atoms with Crippen LogP contribution >= 0.6 is 23.2 Å².